The van der Waals surface area contributed by atoms with Gasteiger partial charge in [-0.1, -0.05) is 6.92 Å². The Morgan fingerprint density at radius 1 is 1.41 bits per heavy atom. The topological polar surface area (TPSA) is 33.2 Å². The Hall–Kier alpha value is -0.900. The number of rotatable bonds is 3. The zero-order valence-electron chi connectivity index (χ0n) is 11.0. The highest BCUT2D eigenvalue weighted by Gasteiger charge is 2.28. The first-order valence-corrected chi connectivity index (χ1v) is 7.04. The molecule has 1 aromatic rings. The van der Waals surface area contributed by atoms with E-state index in [1.807, 2.05) is 0 Å². The Kier molecular flexibility index (Phi) is 3.25. The van der Waals surface area contributed by atoms with Crippen LogP contribution in [-0.2, 0) is 6.42 Å². The third-order valence-corrected chi connectivity index (χ3v) is 5.01. The molecule has 2 rings (SSSR count). The minimum absolute atomic E-state index is 0.0868. The minimum atomic E-state index is 0.0868. The van der Waals surface area contributed by atoms with Crippen LogP contribution in [0.3, 0.4) is 0 Å². The summed E-state index contributed by atoms with van der Waals surface area (Å²) in [5.41, 5.74) is 0.818. The van der Waals surface area contributed by atoms with E-state index in [2.05, 4.69) is 37.7 Å². The van der Waals surface area contributed by atoms with E-state index >= 15 is 0 Å². The zero-order chi connectivity index (χ0) is 12.6. The fourth-order valence-electron chi connectivity index (χ4n) is 1.89. The number of ketones is 1. The summed E-state index contributed by atoms with van der Waals surface area (Å²) in [5.74, 6) is 0.219. The molecular formula is C13H20N2OS. The average molecular weight is 252 g/mol. The number of nitrogens with zero attached hydrogens (tertiary/aromatic N) is 2. The summed E-state index contributed by atoms with van der Waals surface area (Å²) in [6, 6.07) is 0. The van der Waals surface area contributed by atoms with Crippen LogP contribution in [0.2, 0.25) is 0 Å². The molecule has 1 aliphatic carbocycles. The number of fused-ring (bicyclic) bond motifs is 1. The monoisotopic (exact) mass is 252 g/mol. The second-order valence-electron chi connectivity index (χ2n) is 5.27. The van der Waals surface area contributed by atoms with Crippen molar-refractivity contribution in [1.82, 2.24) is 4.98 Å². The standard InChI is InChI=1S/C13H20N2OS/c1-5-13(2,3)15(4)12-14-11-9(16)7-6-8-10(11)17-12/h5-8H2,1-4H3. The molecule has 0 bridgehead atoms. The zero-order valence-corrected chi connectivity index (χ0v) is 11.9. The molecule has 0 atom stereocenters. The highest BCUT2D eigenvalue weighted by Crippen LogP contribution is 2.34. The molecule has 1 aliphatic rings. The lowest BCUT2D eigenvalue weighted by molar-refractivity contribution is 0.0968. The van der Waals surface area contributed by atoms with Crippen molar-refractivity contribution in [1.29, 1.82) is 0 Å². The normalized spacial score (nSPS) is 15.9. The van der Waals surface area contributed by atoms with Crippen molar-refractivity contribution in [3.05, 3.63) is 10.6 Å². The van der Waals surface area contributed by atoms with Gasteiger partial charge in [0.2, 0.25) is 0 Å². The van der Waals surface area contributed by atoms with E-state index in [0.717, 1.165) is 30.1 Å². The largest absolute Gasteiger partial charge is 0.346 e. The van der Waals surface area contributed by atoms with Gasteiger partial charge >= 0.3 is 0 Å². The Balaban J connectivity index is 2.32. The van der Waals surface area contributed by atoms with Gasteiger partial charge in [0.05, 0.1) is 0 Å². The lowest BCUT2D eigenvalue weighted by atomic mass is 10.0. The fraction of sp³-hybridized carbons (Fsp3) is 0.692. The molecule has 0 unspecified atom stereocenters. The van der Waals surface area contributed by atoms with Crippen LogP contribution >= 0.6 is 11.3 Å². The molecular weight excluding hydrogens is 232 g/mol. The van der Waals surface area contributed by atoms with Crippen LogP contribution in [0.15, 0.2) is 0 Å². The van der Waals surface area contributed by atoms with Crippen molar-refractivity contribution in [2.45, 2.75) is 52.0 Å². The summed E-state index contributed by atoms with van der Waals surface area (Å²) >= 11 is 1.68. The van der Waals surface area contributed by atoms with Crippen LogP contribution in [0.4, 0.5) is 5.13 Å². The van der Waals surface area contributed by atoms with Crippen molar-refractivity contribution >= 4 is 22.3 Å². The predicted octanol–water partition coefficient (Wildman–Crippen LogP) is 3.29. The SMILES string of the molecule is CCC(C)(C)N(C)c1nc2c(s1)CCCC2=O. The molecule has 4 heteroatoms. The number of aromatic nitrogens is 1. The summed E-state index contributed by atoms with van der Waals surface area (Å²) in [4.78, 5) is 19.7. The van der Waals surface area contributed by atoms with E-state index in [9.17, 15) is 4.79 Å². The van der Waals surface area contributed by atoms with Gasteiger partial charge < -0.3 is 4.90 Å². The number of carbonyl (C=O) groups excluding carboxylic acids is 1. The first-order valence-electron chi connectivity index (χ1n) is 6.22. The third-order valence-electron chi connectivity index (χ3n) is 3.82. The van der Waals surface area contributed by atoms with Crippen molar-refractivity contribution in [2.24, 2.45) is 0 Å². The summed E-state index contributed by atoms with van der Waals surface area (Å²) in [5, 5.41) is 0.983. The number of hydrogen-bond acceptors (Lipinski definition) is 4. The molecule has 0 aliphatic heterocycles. The maximum absolute atomic E-state index is 11.8. The van der Waals surface area contributed by atoms with Gasteiger partial charge in [0, 0.05) is 23.9 Å². The van der Waals surface area contributed by atoms with Crippen LogP contribution in [0, 0.1) is 0 Å². The molecule has 0 N–H and O–H groups in total. The summed E-state index contributed by atoms with van der Waals surface area (Å²) < 4.78 is 0. The smallest absolute Gasteiger partial charge is 0.186 e. The molecule has 0 radical (unpaired) electrons. The predicted molar refractivity (Wildman–Crippen MR) is 72.2 cm³/mol. The number of hydrogen-bond donors (Lipinski definition) is 0. The van der Waals surface area contributed by atoms with Crippen LogP contribution in [-0.4, -0.2) is 23.4 Å². The van der Waals surface area contributed by atoms with Gasteiger partial charge in [-0.2, -0.15) is 0 Å². The van der Waals surface area contributed by atoms with Gasteiger partial charge in [0.25, 0.3) is 0 Å². The van der Waals surface area contributed by atoms with Crippen LogP contribution in [0.25, 0.3) is 0 Å². The van der Waals surface area contributed by atoms with Gasteiger partial charge in [0.1, 0.15) is 5.69 Å². The van der Waals surface area contributed by atoms with Gasteiger partial charge in [0.15, 0.2) is 10.9 Å². The third kappa shape index (κ3) is 2.23. The van der Waals surface area contributed by atoms with Crippen molar-refractivity contribution in [2.75, 3.05) is 11.9 Å². The minimum Gasteiger partial charge on any atom is -0.346 e. The highest BCUT2D eigenvalue weighted by molar-refractivity contribution is 7.16. The Morgan fingerprint density at radius 2 is 2.12 bits per heavy atom. The van der Waals surface area contributed by atoms with Crippen LogP contribution in [0.5, 0.6) is 0 Å². The first-order chi connectivity index (χ1) is 7.95. The number of aryl methyl sites for hydroxylation is 1. The number of thiazole rings is 1. The Bertz CT molecular complexity index is 437. The van der Waals surface area contributed by atoms with E-state index in [1.54, 1.807) is 11.3 Å². The van der Waals surface area contributed by atoms with Crippen molar-refractivity contribution in [3.8, 4) is 0 Å². The fourth-order valence-corrected chi connectivity index (χ4v) is 3.14. The molecule has 94 valence electrons. The molecule has 17 heavy (non-hydrogen) atoms. The quantitative estimate of drug-likeness (QED) is 0.827. The summed E-state index contributed by atoms with van der Waals surface area (Å²) in [6.45, 7) is 6.58. The van der Waals surface area contributed by atoms with Gasteiger partial charge in [-0.05, 0) is 33.1 Å². The van der Waals surface area contributed by atoms with E-state index < -0.39 is 0 Å². The second kappa shape index (κ2) is 4.41. The van der Waals surface area contributed by atoms with Gasteiger partial charge in [-0.15, -0.1) is 11.3 Å². The molecule has 3 nitrogen and oxygen atoms in total. The van der Waals surface area contributed by atoms with Crippen LogP contribution < -0.4 is 4.90 Å². The molecule has 0 aromatic carbocycles. The van der Waals surface area contributed by atoms with E-state index in [0.29, 0.717) is 6.42 Å². The second-order valence-corrected chi connectivity index (χ2v) is 6.33. The molecule has 0 spiro atoms. The molecule has 0 amide bonds. The average Bonchev–Trinajstić information content (AvgIpc) is 2.73. The van der Waals surface area contributed by atoms with Gasteiger partial charge in [-0.25, -0.2) is 4.98 Å². The maximum atomic E-state index is 11.8. The van der Waals surface area contributed by atoms with E-state index in [-0.39, 0.29) is 11.3 Å². The number of carbonyl (C=O) groups is 1. The molecule has 0 saturated heterocycles. The van der Waals surface area contributed by atoms with E-state index in [1.165, 1.54) is 4.88 Å². The maximum Gasteiger partial charge on any atom is 0.186 e. The Labute approximate surface area is 107 Å². The number of Topliss-reactive ketones (excluding diaryl/α,β-unsaturated/α-hetero) is 1. The molecule has 1 aromatic heterocycles. The Morgan fingerprint density at radius 3 is 2.71 bits per heavy atom. The summed E-state index contributed by atoms with van der Waals surface area (Å²) in [6.07, 6.45) is 3.71. The summed E-state index contributed by atoms with van der Waals surface area (Å²) in [7, 11) is 2.07. The van der Waals surface area contributed by atoms with E-state index in [4.69, 9.17) is 0 Å². The highest BCUT2D eigenvalue weighted by atomic mass is 32.1. The lowest BCUT2D eigenvalue weighted by Crippen LogP contribution is -2.40. The number of anilines is 1. The first kappa shape index (κ1) is 12.6. The van der Waals surface area contributed by atoms with Crippen molar-refractivity contribution in [3.63, 3.8) is 0 Å². The van der Waals surface area contributed by atoms with Crippen LogP contribution in [0.1, 0.15) is 55.4 Å². The molecule has 1 heterocycles. The van der Waals surface area contributed by atoms with Crippen molar-refractivity contribution < 1.29 is 4.79 Å². The molecule has 0 saturated carbocycles. The lowest BCUT2D eigenvalue weighted by Gasteiger charge is -2.34. The molecule has 0 fully saturated rings. The van der Waals surface area contributed by atoms with Gasteiger partial charge in [-0.3, -0.25) is 4.79 Å².